The van der Waals surface area contributed by atoms with E-state index in [1.807, 2.05) is 0 Å². The van der Waals surface area contributed by atoms with Crippen molar-refractivity contribution in [2.75, 3.05) is 32.7 Å². The summed E-state index contributed by atoms with van der Waals surface area (Å²) < 4.78 is 0. The molecule has 2 nitrogen and oxygen atoms in total. The Morgan fingerprint density at radius 3 is 2.44 bits per heavy atom. The zero-order valence-electron chi connectivity index (χ0n) is 10.4. The number of piperazine rings is 1. The number of aryl methyl sites for hydroxylation is 1. The van der Waals surface area contributed by atoms with Crippen LogP contribution in [0.5, 0.6) is 0 Å². The minimum Gasteiger partial charge on any atom is -0.314 e. The van der Waals surface area contributed by atoms with Gasteiger partial charge in [-0.3, -0.25) is 0 Å². The number of rotatable bonds is 3. The van der Waals surface area contributed by atoms with Gasteiger partial charge in [0.15, 0.2) is 0 Å². The summed E-state index contributed by atoms with van der Waals surface area (Å²) in [6, 6.07) is 8.96. The summed E-state index contributed by atoms with van der Waals surface area (Å²) in [4.78, 5) is 2.56. The fourth-order valence-corrected chi connectivity index (χ4v) is 2.28. The lowest BCUT2D eigenvalue weighted by atomic mass is 9.99. The lowest BCUT2D eigenvalue weighted by Crippen LogP contribution is -2.44. The lowest BCUT2D eigenvalue weighted by molar-refractivity contribution is 0.230. The second kappa shape index (κ2) is 5.46. The monoisotopic (exact) mass is 218 g/mol. The van der Waals surface area contributed by atoms with E-state index in [0.717, 1.165) is 13.1 Å². The van der Waals surface area contributed by atoms with Crippen LogP contribution < -0.4 is 5.32 Å². The molecule has 88 valence electrons. The average molecular weight is 218 g/mol. The van der Waals surface area contributed by atoms with Crippen molar-refractivity contribution in [3.8, 4) is 0 Å². The van der Waals surface area contributed by atoms with E-state index in [4.69, 9.17) is 0 Å². The van der Waals surface area contributed by atoms with E-state index < -0.39 is 0 Å². The zero-order valence-corrected chi connectivity index (χ0v) is 10.4. The molecule has 1 unspecified atom stereocenters. The predicted octanol–water partition coefficient (Wildman–Crippen LogP) is 2.00. The second-order valence-corrected chi connectivity index (χ2v) is 4.86. The molecule has 0 aromatic heterocycles. The van der Waals surface area contributed by atoms with Gasteiger partial charge in [-0.1, -0.05) is 36.8 Å². The molecule has 1 atom stereocenters. The normalized spacial score (nSPS) is 19.6. The molecule has 0 spiro atoms. The molecule has 1 N–H and O–H groups in total. The molecule has 0 amide bonds. The molecule has 16 heavy (non-hydrogen) atoms. The first kappa shape index (κ1) is 11.6. The maximum Gasteiger partial charge on any atom is 0.0108 e. The molecule has 0 saturated carbocycles. The van der Waals surface area contributed by atoms with Gasteiger partial charge >= 0.3 is 0 Å². The van der Waals surface area contributed by atoms with Crippen LogP contribution in [-0.2, 0) is 0 Å². The van der Waals surface area contributed by atoms with E-state index in [9.17, 15) is 0 Å². The molecule has 0 bridgehead atoms. The molecular weight excluding hydrogens is 196 g/mol. The fraction of sp³-hybridized carbons (Fsp3) is 0.571. The predicted molar refractivity (Wildman–Crippen MR) is 68.9 cm³/mol. The van der Waals surface area contributed by atoms with Gasteiger partial charge in [0.1, 0.15) is 0 Å². The maximum atomic E-state index is 3.39. The highest BCUT2D eigenvalue weighted by Gasteiger charge is 2.13. The molecule has 1 aromatic carbocycles. The van der Waals surface area contributed by atoms with Crippen LogP contribution >= 0.6 is 0 Å². The minimum absolute atomic E-state index is 0.638. The SMILES string of the molecule is Cc1ccc(C(C)CN2CCNCC2)cc1. The van der Waals surface area contributed by atoms with Crippen molar-refractivity contribution in [2.24, 2.45) is 0 Å². The molecule has 1 aromatic rings. The van der Waals surface area contributed by atoms with Crippen molar-refractivity contribution >= 4 is 0 Å². The second-order valence-electron chi connectivity index (χ2n) is 4.86. The van der Waals surface area contributed by atoms with Crippen molar-refractivity contribution in [1.82, 2.24) is 10.2 Å². The Hall–Kier alpha value is -0.860. The number of nitrogens with zero attached hydrogens (tertiary/aromatic N) is 1. The van der Waals surface area contributed by atoms with Crippen LogP contribution in [0.2, 0.25) is 0 Å². The van der Waals surface area contributed by atoms with Gasteiger partial charge in [0, 0.05) is 32.7 Å². The molecule has 1 aliphatic heterocycles. The van der Waals surface area contributed by atoms with E-state index in [1.54, 1.807) is 0 Å². The van der Waals surface area contributed by atoms with Crippen molar-refractivity contribution in [2.45, 2.75) is 19.8 Å². The Bertz CT molecular complexity index is 312. The van der Waals surface area contributed by atoms with Gasteiger partial charge < -0.3 is 10.2 Å². The highest BCUT2D eigenvalue weighted by Crippen LogP contribution is 2.17. The van der Waals surface area contributed by atoms with Gasteiger partial charge in [-0.2, -0.15) is 0 Å². The van der Waals surface area contributed by atoms with Gasteiger partial charge in [0.2, 0.25) is 0 Å². The Morgan fingerprint density at radius 2 is 1.81 bits per heavy atom. The van der Waals surface area contributed by atoms with Crippen molar-refractivity contribution in [3.05, 3.63) is 35.4 Å². The van der Waals surface area contributed by atoms with E-state index >= 15 is 0 Å². The summed E-state index contributed by atoms with van der Waals surface area (Å²) in [5.41, 5.74) is 2.81. The van der Waals surface area contributed by atoms with Gasteiger partial charge in [-0.05, 0) is 18.4 Å². The van der Waals surface area contributed by atoms with Gasteiger partial charge in [-0.15, -0.1) is 0 Å². The molecule has 0 radical (unpaired) electrons. The summed E-state index contributed by atoms with van der Waals surface area (Å²) in [6.07, 6.45) is 0. The summed E-state index contributed by atoms with van der Waals surface area (Å²) in [6.45, 7) is 10.3. The van der Waals surface area contributed by atoms with Crippen LogP contribution in [0, 0.1) is 6.92 Å². The summed E-state index contributed by atoms with van der Waals surface area (Å²) in [7, 11) is 0. The standard InChI is InChI=1S/C14H22N2/c1-12-3-5-14(6-4-12)13(2)11-16-9-7-15-8-10-16/h3-6,13,15H,7-11H2,1-2H3. The molecule has 1 fully saturated rings. The maximum absolute atomic E-state index is 3.39. The first-order valence-electron chi connectivity index (χ1n) is 6.25. The topological polar surface area (TPSA) is 15.3 Å². The number of hydrogen-bond donors (Lipinski definition) is 1. The molecule has 2 rings (SSSR count). The van der Waals surface area contributed by atoms with Crippen LogP contribution in [0.25, 0.3) is 0 Å². The van der Waals surface area contributed by atoms with Crippen LogP contribution in [0.3, 0.4) is 0 Å². The average Bonchev–Trinajstić information content (AvgIpc) is 2.31. The van der Waals surface area contributed by atoms with Crippen LogP contribution in [0.15, 0.2) is 24.3 Å². The fourth-order valence-electron chi connectivity index (χ4n) is 2.28. The summed E-state index contributed by atoms with van der Waals surface area (Å²) in [5.74, 6) is 0.638. The highest BCUT2D eigenvalue weighted by atomic mass is 15.2. The highest BCUT2D eigenvalue weighted by molar-refractivity contribution is 5.24. The molecule has 1 aliphatic rings. The zero-order chi connectivity index (χ0) is 11.4. The third-order valence-electron chi connectivity index (χ3n) is 3.39. The van der Waals surface area contributed by atoms with Crippen molar-refractivity contribution in [3.63, 3.8) is 0 Å². The van der Waals surface area contributed by atoms with Crippen LogP contribution in [-0.4, -0.2) is 37.6 Å². The van der Waals surface area contributed by atoms with E-state index in [0.29, 0.717) is 5.92 Å². The molecule has 1 heterocycles. The summed E-state index contributed by atoms with van der Waals surface area (Å²) in [5, 5.41) is 3.39. The van der Waals surface area contributed by atoms with Gasteiger partial charge in [0.05, 0.1) is 0 Å². The molecule has 0 aliphatic carbocycles. The van der Waals surface area contributed by atoms with Gasteiger partial charge in [0.25, 0.3) is 0 Å². The Morgan fingerprint density at radius 1 is 1.19 bits per heavy atom. The van der Waals surface area contributed by atoms with E-state index in [-0.39, 0.29) is 0 Å². The number of hydrogen-bond acceptors (Lipinski definition) is 2. The first-order chi connectivity index (χ1) is 7.75. The smallest absolute Gasteiger partial charge is 0.0108 e. The van der Waals surface area contributed by atoms with Crippen molar-refractivity contribution < 1.29 is 0 Å². The number of nitrogens with one attached hydrogen (secondary N) is 1. The Balaban J connectivity index is 1.91. The minimum atomic E-state index is 0.638. The van der Waals surface area contributed by atoms with E-state index in [2.05, 4.69) is 48.3 Å². The van der Waals surface area contributed by atoms with E-state index in [1.165, 1.54) is 30.8 Å². The third-order valence-corrected chi connectivity index (χ3v) is 3.39. The Kier molecular flexibility index (Phi) is 3.97. The summed E-state index contributed by atoms with van der Waals surface area (Å²) >= 11 is 0. The van der Waals surface area contributed by atoms with Gasteiger partial charge in [-0.25, -0.2) is 0 Å². The van der Waals surface area contributed by atoms with Crippen LogP contribution in [0.1, 0.15) is 24.0 Å². The Labute approximate surface area is 98.7 Å². The van der Waals surface area contributed by atoms with Crippen molar-refractivity contribution in [1.29, 1.82) is 0 Å². The lowest BCUT2D eigenvalue weighted by Gasteiger charge is -2.29. The van der Waals surface area contributed by atoms with Crippen LogP contribution in [0.4, 0.5) is 0 Å². The number of benzene rings is 1. The third kappa shape index (κ3) is 3.06. The molecular formula is C14H22N2. The first-order valence-corrected chi connectivity index (χ1v) is 6.25. The quantitative estimate of drug-likeness (QED) is 0.835. The molecule has 1 saturated heterocycles. The largest absolute Gasteiger partial charge is 0.314 e. The molecule has 2 heteroatoms.